The first kappa shape index (κ1) is 17.3. The molecule has 0 unspecified atom stereocenters. The molecule has 0 aliphatic carbocycles. The van der Waals surface area contributed by atoms with Crippen LogP contribution in [0.1, 0.15) is 5.56 Å². The van der Waals surface area contributed by atoms with Gasteiger partial charge in [0.2, 0.25) is 0 Å². The zero-order chi connectivity index (χ0) is 19.3. The van der Waals surface area contributed by atoms with Crippen LogP contribution in [0, 0.1) is 0 Å². The molecule has 0 radical (unpaired) electrons. The number of anilines is 2. The molecule has 0 spiro atoms. The van der Waals surface area contributed by atoms with Gasteiger partial charge in [-0.05, 0) is 24.3 Å². The van der Waals surface area contributed by atoms with Gasteiger partial charge >= 0.3 is 0 Å². The Balaban J connectivity index is 1.81. The summed E-state index contributed by atoms with van der Waals surface area (Å²) in [5, 5.41) is 6.45. The second-order valence-electron chi connectivity index (χ2n) is 5.90. The van der Waals surface area contributed by atoms with Crippen molar-refractivity contribution in [3.05, 3.63) is 66.6 Å². The lowest BCUT2D eigenvalue weighted by Gasteiger charge is -2.12. The van der Waals surface area contributed by atoms with E-state index in [2.05, 4.69) is 25.6 Å². The first-order valence-corrected chi connectivity index (χ1v) is 8.46. The number of hydrogen-bond acceptors (Lipinski definition) is 6. The normalized spacial score (nSPS) is 15.4. The highest BCUT2D eigenvalue weighted by molar-refractivity contribution is 6.01. The van der Waals surface area contributed by atoms with E-state index in [9.17, 15) is 9.59 Å². The molecule has 28 heavy (non-hydrogen) atoms. The first-order valence-electron chi connectivity index (χ1n) is 8.46. The Morgan fingerprint density at radius 1 is 1.04 bits per heavy atom. The molecule has 1 aromatic heterocycles. The van der Waals surface area contributed by atoms with Crippen LogP contribution in [0.4, 0.5) is 11.5 Å². The number of nitrogens with one attached hydrogen (secondary N) is 2. The van der Waals surface area contributed by atoms with Crippen LogP contribution in [0.3, 0.4) is 0 Å². The van der Waals surface area contributed by atoms with Crippen molar-refractivity contribution < 1.29 is 14.3 Å². The van der Waals surface area contributed by atoms with Crippen LogP contribution in [-0.4, -0.2) is 34.6 Å². The van der Waals surface area contributed by atoms with Crippen LogP contribution in [0.5, 0.6) is 5.75 Å². The maximum Gasteiger partial charge on any atom is 0.271 e. The summed E-state index contributed by atoms with van der Waals surface area (Å²) < 4.78 is 5.53. The van der Waals surface area contributed by atoms with Crippen molar-refractivity contribution >= 4 is 40.4 Å². The highest BCUT2D eigenvalue weighted by Gasteiger charge is 2.09. The van der Waals surface area contributed by atoms with E-state index in [1.165, 1.54) is 24.8 Å². The quantitative estimate of drug-likeness (QED) is 0.627. The molecule has 4 rings (SSSR count). The standard InChI is InChI=1S/C20H15N5O3/c26-18-7-8-21-19(27)11-28-14-5-6-17-15(9-14)20(24-12-23-17)25-16-4-2-1-3-13(16)10-22-18/h1-10,12H,11H2,(H,21,27)(H,23,24,25)/b8-7-,22-10?. The van der Waals surface area contributed by atoms with E-state index in [0.717, 1.165) is 16.6 Å². The molecule has 2 aromatic carbocycles. The molecular weight excluding hydrogens is 358 g/mol. The summed E-state index contributed by atoms with van der Waals surface area (Å²) >= 11 is 0. The molecule has 0 atom stereocenters. The molecular formula is C20H15N5O3. The molecule has 0 saturated heterocycles. The molecule has 2 N–H and O–H groups in total. The third-order valence-electron chi connectivity index (χ3n) is 3.99. The number of aromatic nitrogens is 2. The van der Waals surface area contributed by atoms with Gasteiger partial charge in [0.1, 0.15) is 17.9 Å². The van der Waals surface area contributed by atoms with Crippen LogP contribution >= 0.6 is 0 Å². The zero-order valence-electron chi connectivity index (χ0n) is 14.6. The van der Waals surface area contributed by atoms with Gasteiger partial charge in [-0.25, -0.2) is 15.0 Å². The Kier molecular flexibility index (Phi) is 4.75. The highest BCUT2D eigenvalue weighted by atomic mass is 16.5. The summed E-state index contributed by atoms with van der Waals surface area (Å²) in [4.78, 5) is 36.2. The predicted octanol–water partition coefficient (Wildman–Crippen LogP) is 2.34. The third-order valence-corrected chi connectivity index (χ3v) is 3.99. The van der Waals surface area contributed by atoms with Crippen LogP contribution in [-0.2, 0) is 9.59 Å². The van der Waals surface area contributed by atoms with E-state index in [4.69, 9.17) is 4.74 Å². The minimum atomic E-state index is -0.502. The molecule has 3 aromatic rings. The minimum absolute atomic E-state index is 0.202. The van der Waals surface area contributed by atoms with E-state index in [-0.39, 0.29) is 6.61 Å². The second-order valence-corrected chi connectivity index (χ2v) is 5.90. The minimum Gasteiger partial charge on any atom is -0.484 e. The molecule has 2 heterocycles. The van der Waals surface area contributed by atoms with E-state index < -0.39 is 11.8 Å². The fourth-order valence-electron chi connectivity index (χ4n) is 2.65. The molecule has 1 aliphatic rings. The summed E-state index contributed by atoms with van der Waals surface area (Å²) in [6.07, 6.45) is 5.33. The number of hydrogen-bond donors (Lipinski definition) is 2. The lowest BCUT2D eigenvalue weighted by molar-refractivity contribution is -0.122. The van der Waals surface area contributed by atoms with Gasteiger partial charge in [0.05, 0.1) is 5.52 Å². The molecule has 8 nitrogen and oxygen atoms in total. The number of benzene rings is 2. The number of nitrogens with zero attached hydrogens (tertiary/aromatic N) is 3. The van der Waals surface area contributed by atoms with E-state index >= 15 is 0 Å². The smallest absolute Gasteiger partial charge is 0.271 e. The number of carbonyl (C=O) groups is 2. The largest absolute Gasteiger partial charge is 0.484 e. The second kappa shape index (κ2) is 7.67. The first-order chi connectivity index (χ1) is 13.7. The number of fused-ring (bicyclic) bond motifs is 2. The summed E-state index contributed by atoms with van der Waals surface area (Å²) in [6.45, 7) is -0.202. The van der Waals surface area contributed by atoms with Crippen molar-refractivity contribution in [2.45, 2.75) is 0 Å². The summed E-state index contributed by atoms with van der Waals surface area (Å²) in [7, 11) is 0. The third kappa shape index (κ3) is 3.85. The van der Waals surface area contributed by atoms with Gasteiger partial charge in [-0.1, -0.05) is 18.2 Å². The van der Waals surface area contributed by atoms with Crippen molar-refractivity contribution in [1.29, 1.82) is 0 Å². The number of para-hydroxylation sites is 1. The molecule has 2 bridgehead atoms. The van der Waals surface area contributed by atoms with Crippen LogP contribution in [0.25, 0.3) is 10.9 Å². The van der Waals surface area contributed by atoms with Crippen molar-refractivity contribution in [3.8, 4) is 5.75 Å². The lowest BCUT2D eigenvalue weighted by Crippen LogP contribution is -2.24. The average molecular weight is 373 g/mol. The summed E-state index contributed by atoms with van der Waals surface area (Å²) in [6, 6.07) is 12.7. The Labute approximate surface area is 160 Å². The summed E-state index contributed by atoms with van der Waals surface area (Å²) in [5.41, 5.74) is 2.16. The van der Waals surface area contributed by atoms with Gasteiger partial charge < -0.3 is 15.4 Å². The Morgan fingerprint density at radius 2 is 1.93 bits per heavy atom. The number of aliphatic imine (C=N–C) groups is 1. The fourth-order valence-corrected chi connectivity index (χ4v) is 2.65. The lowest BCUT2D eigenvalue weighted by atomic mass is 10.1. The van der Waals surface area contributed by atoms with Crippen molar-refractivity contribution in [3.63, 3.8) is 0 Å². The van der Waals surface area contributed by atoms with Gasteiger partial charge in [0, 0.05) is 35.1 Å². The molecule has 8 heteroatoms. The van der Waals surface area contributed by atoms with Gasteiger partial charge in [-0.3, -0.25) is 9.59 Å². The molecule has 0 saturated carbocycles. The fraction of sp³-hybridized carbons (Fsp3) is 0.0500. The predicted molar refractivity (Wildman–Crippen MR) is 105 cm³/mol. The Hall–Kier alpha value is -4.07. The maximum absolute atomic E-state index is 11.9. The molecule has 0 fully saturated rings. The van der Waals surface area contributed by atoms with Crippen LogP contribution in [0.2, 0.25) is 0 Å². The Morgan fingerprint density at radius 3 is 2.86 bits per heavy atom. The maximum atomic E-state index is 11.9. The van der Waals surface area contributed by atoms with Gasteiger partial charge in [-0.15, -0.1) is 0 Å². The number of rotatable bonds is 0. The topological polar surface area (TPSA) is 106 Å². The van der Waals surface area contributed by atoms with Crippen molar-refractivity contribution in [2.75, 3.05) is 11.9 Å². The monoisotopic (exact) mass is 373 g/mol. The van der Waals surface area contributed by atoms with E-state index in [1.807, 2.05) is 24.3 Å². The molecule has 138 valence electrons. The number of amides is 2. The Bertz CT molecular complexity index is 1120. The van der Waals surface area contributed by atoms with Crippen molar-refractivity contribution in [2.24, 2.45) is 4.99 Å². The highest BCUT2D eigenvalue weighted by Crippen LogP contribution is 2.27. The van der Waals surface area contributed by atoms with Crippen LogP contribution in [0.15, 0.2) is 66.1 Å². The zero-order valence-corrected chi connectivity index (χ0v) is 14.6. The molecule has 2 amide bonds. The average Bonchev–Trinajstić information content (AvgIpc) is 2.71. The summed E-state index contributed by atoms with van der Waals surface area (Å²) in [5.74, 6) is 0.174. The molecule has 1 aliphatic heterocycles. The van der Waals surface area contributed by atoms with E-state index in [1.54, 1.807) is 18.2 Å². The van der Waals surface area contributed by atoms with Gasteiger partial charge in [0.25, 0.3) is 11.8 Å². The van der Waals surface area contributed by atoms with Crippen molar-refractivity contribution in [1.82, 2.24) is 15.3 Å². The number of carbonyl (C=O) groups excluding carboxylic acids is 2. The van der Waals surface area contributed by atoms with E-state index in [0.29, 0.717) is 17.1 Å². The number of ether oxygens (including phenoxy) is 1. The van der Waals surface area contributed by atoms with Crippen LogP contribution < -0.4 is 15.4 Å². The van der Waals surface area contributed by atoms with Gasteiger partial charge in [-0.2, -0.15) is 0 Å². The van der Waals surface area contributed by atoms with Gasteiger partial charge in [0.15, 0.2) is 6.61 Å². The SMILES string of the molecule is O=C1/C=C\NC(=O)COc2ccc3ncnc(c3c2)Nc2ccccc2C=N1.